The minimum atomic E-state index is -2.57. The van der Waals surface area contributed by atoms with Gasteiger partial charge in [0.05, 0.1) is 22.2 Å². The van der Waals surface area contributed by atoms with Crippen LogP contribution in [0.5, 0.6) is 0 Å². The smallest absolute Gasteiger partial charge is 0.272 e. The van der Waals surface area contributed by atoms with Gasteiger partial charge < -0.3 is 14.6 Å². The number of nitrogens with zero attached hydrogens (tertiary/aromatic N) is 2. The van der Waals surface area contributed by atoms with Crippen molar-refractivity contribution in [1.29, 1.82) is 5.26 Å². The first-order valence-electron chi connectivity index (χ1n) is 7.78. The SMILES string of the molecule is CN(C)/C=C(\C#N)CC(=O)c1cc2c([nH]1)C=CC(Br)C(OCC(F)F)=C2. The van der Waals surface area contributed by atoms with Gasteiger partial charge in [-0.25, -0.2) is 8.78 Å². The van der Waals surface area contributed by atoms with Gasteiger partial charge in [0.25, 0.3) is 6.43 Å². The van der Waals surface area contributed by atoms with Gasteiger partial charge in [-0.2, -0.15) is 5.26 Å². The van der Waals surface area contributed by atoms with Crippen molar-refractivity contribution in [3.05, 3.63) is 46.6 Å². The second kappa shape index (κ2) is 8.81. The Morgan fingerprint density at radius 2 is 2.27 bits per heavy atom. The standard InChI is InChI=1S/C18H18BrF2N3O2/c1-24(2)9-11(8-22)5-16(25)15-6-12-7-17(26-10-18(20)21)13(19)3-4-14(12)23-15/h3-4,6-7,9,13,18,23H,5,10H2,1-2H3/b11-9-. The fraction of sp³-hybridized carbons (Fsp3) is 0.333. The van der Waals surface area contributed by atoms with Crippen molar-refractivity contribution in [2.45, 2.75) is 17.7 Å². The van der Waals surface area contributed by atoms with Crippen molar-refractivity contribution in [2.24, 2.45) is 0 Å². The second-order valence-electron chi connectivity index (χ2n) is 5.89. The minimum absolute atomic E-state index is 0.0304. The third kappa shape index (κ3) is 5.30. The van der Waals surface area contributed by atoms with Crippen molar-refractivity contribution in [3.63, 3.8) is 0 Å². The molecule has 0 fully saturated rings. The highest BCUT2D eigenvalue weighted by atomic mass is 79.9. The summed E-state index contributed by atoms with van der Waals surface area (Å²) in [6, 6.07) is 3.64. The van der Waals surface area contributed by atoms with Gasteiger partial charge in [0.2, 0.25) is 0 Å². The fourth-order valence-electron chi connectivity index (χ4n) is 2.38. The first-order chi connectivity index (χ1) is 12.3. The van der Waals surface area contributed by atoms with Crippen molar-refractivity contribution in [2.75, 3.05) is 20.7 Å². The number of nitriles is 1. The Morgan fingerprint density at radius 1 is 1.54 bits per heavy atom. The number of alkyl halides is 3. The molecule has 0 saturated carbocycles. The molecule has 1 atom stereocenters. The quantitative estimate of drug-likeness (QED) is 0.407. The number of carbonyl (C=O) groups is 1. The number of carbonyl (C=O) groups excluding carboxylic acids is 1. The van der Waals surface area contributed by atoms with E-state index in [1.54, 1.807) is 49.5 Å². The lowest BCUT2D eigenvalue weighted by molar-refractivity contribution is 0.0493. The first kappa shape index (κ1) is 19.9. The molecule has 0 bridgehead atoms. The number of rotatable bonds is 7. The number of hydrogen-bond acceptors (Lipinski definition) is 4. The summed E-state index contributed by atoms with van der Waals surface area (Å²) < 4.78 is 29.9. The third-order valence-corrected chi connectivity index (χ3v) is 4.22. The van der Waals surface area contributed by atoms with E-state index in [2.05, 4.69) is 20.9 Å². The van der Waals surface area contributed by atoms with Crippen molar-refractivity contribution in [1.82, 2.24) is 9.88 Å². The Bertz CT molecular complexity index is 804. The maximum Gasteiger partial charge on any atom is 0.272 e. The summed E-state index contributed by atoms with van der Waals surface area (Å²) in [6.45, 7) is -0.700. The zero-order valence-electron chi connectivity index (χ0n) is 14.3. The molecule has 1 aliphatic carbocycles. The molecule has 2 rings (SSSR count). The molecule has 0 spiro atoms. The van der Waals surface area contributed by atoms with E-state index in [9.17, 15) is 13.6 Å². The highest BCUT2D eigenvalue weighted by molar-refractivity contribution is 9.09. The molecule has 0 radical (unpaired) electrons. The monoisotopic (exact) mass is 425 g/mol. The summed E-state index contributed by atoms with van der Waals surface area (Å²) in [5.74, 6) is 0.100. The fourth-order valence-corrected chi connectivity index (χ4v) is 2.79. The summed E-state index contributed by atoms with van der Waals surface area (Å²) >= 11 is 3.36. The molecule has 0 saturated heterocycles. The normalized spacial score (nSPS) is 16.6. The van der Waals surface area contributed by atoms with E-state index >= 15 is 0 Å². The van der Waals surface area contributed by atoms with Gasteiger partial charge in [-0.05, 0) is 18.2 Å². The Labute approximate surface area is 158 Å². The van der Waals surface area contributed by atoms with E-state index in [1.807, 2.05) is 6.07 Å². The summed E-state index contributed by atoms with van der Waals surface area (Å²) in [4.78, 5) is 16.8. The van der Waals surface area contributed by atoms with Crippen LogP contribution >= 0.6 is 15.9 Å². The summed E-state index contributed by atoms with van der Waals surface area (Å²) in [6.07, 6.45) is 4.10. The predicted octanol–water partition coefficient (Wildman–Crippen LogP) is 3.97. The van der Waals surface area contributed by atoms with Crippen LogP contribution in [0, 0.1) is 11.3 Å². The zero-order chi connectivity index (χ0) is 19.3. The number of halogens is 3. The number of aromatic nitrogens is 1. The maximum absolute atomic E-state index is 12.4. The molecule has 26 heavy (non-hydrogen) atoms. The number of ether oxygens (including phenoxy) is 1. The first-order valence-corrected chi connectivity index (χ1v) is 8.70. The molecule has 5 nitrogen and oxygen atoms in total. The maximum atomic E-state index is 12.4. The highest BCUT2D eigenvalue weighted by Crippen LogP contribution is 2.27. The van der Waals surface area contributed by atoms with E-state index in [0.717, 1.165) is 0 Å². The van der Waals surface area contributed by atoms with Crippen LogP contribution in [0.1, 0.15) is 28.2 Å². The largest absolute Gasteiger partial charge is 0.490 e. The predicted molar refractivity (Wildman–Crippen MR) is 98.8 cm³/mol. The zero-order valence-corrected chi connectivity index (χ0v) is 15.9. The molecular formula is C18H18BrF2N3O2. The lowest BCUT2D eigenvalue weighted by Gasteiger charge is -2.11. The molecular weight excluding hydrogens is 408 g/mol. The summed E-state index contributed by atoms with van der Waals surface area (Å²) in [5, 5.41) is 9.13. The topological polar surface area (TPSA) is 69.1 Å². The number of allylic oxidation sites excluding steroid dienone is 2. The van der Waals surface area contributed by atoms with Crippen LogP contribution in [0.25, 0.3) is 12.2 Å². The van der Waals surface area contributed by atoms with Crippen LogP contribution in [0.4, 0.5) is 8.78 Å². The van der Waals surface area contributed by atoms with Crippen molar-refractivity contribution >= 4 is 33.9 Å². The van der Waals surface area contributed by atoms with E-state index in [4.69, 9.17) is 10.00 Å². The Balaban J connectivity index is 2.23. The van der Waals surface area contributed by atoms with Gasteiger partial charge in [0.15, 0.2) is 5.78 Å². The van der Waals surface area contributed by atoms with Gasteiger partial charge in [-0.15, -0.1) is 0 Å². The number of H-pyrrole nitrogens is 1. The van der Waals surface area contributed by atoms with Crippen LogP contribution in [0.3, 0.4) is 0 Å². The number of nitrogens with one attached hydrogen (secondary N) is 1. The van der Waals surface area contributed by atoms with Crippen LogP contribution in [0.15, 0.2) is 29.7 Å². The van der Waals surface area contributed by atoms with Crippen LogP contribution < -0.4 is 0 Å². The van der Waals surface area contributed by atoms with Crippen LogP contribution in [-0.2, 0) is 4.74 Å². The molecule has 1 aliphatic rings. The van der Waals surface area contributed by atoms with E-state index in [-0.39, 0.29) is 17.0 Å². The van der Waals surface area contributed by atoms with Crippen molar-refractivity contribution in [3.8, 4) is 6.07 Å². The lowest BCUT2D eigenvalue weighted by atomic mass is 10.1. The minimum Gasteiger partial charge on any atom is -0.490 e. The van der Waals surface area contributed by atoms with Gasteiger partial charge in [-0.1, -0.05) is 22.0 Å². The van der Waals surface area contributed by atoms with Crippen LogP contribution in [-0.4, -0.2) is 47.6 Å². The second-order valence-corrected chi connectivity index (χ2v) is 6.88. The molecule has 1 N–H and O–H groups in total. The average molecular weight is 426 g/mol. The molecule has 1 unspecified atom stereocenters. The van der Waals surface area contributed by atoms with Crippen LogP contribution in [0.2, 0.25) is 0 Å². The van der Waals surface area contributed by atoms with Gasteiger partial charge >= 0.3 is 0 Å². The Morgan fingerprint density at radius 3 is 2.88 bits per heavy atom. The molecule has 0 aliphatic heterocycles. The molecule has 8 heteroatoms. The molecule has 1 heterocycles. The van der Waals surface area contributed by atoms with E-state index in [1.165, 1.54) is 0 Å². The number of ketones is 1. The van der Waals surface area contributed by atoms with E-state index < -0.39 is 13.0 Å². The van der Waals surface area contributed by atoms with Gasteiger partial charge in [0, 0.05) is 38.0 Å². The Kier molecular flexibility index (Phi) is 6.75. The van der Waals surface area contributed by atoms with Gasteiger partial charge in [-0.3, -0.25) is 4.79 Å². The van der Waals surface area contributed by atoms with Gasteiger partial charge in [0.1, 0.15) is 12.4 Å². The number of hydrogen-bond donors (Lipinski definition) is 1. The summed E-state index contributed by atoms with van der Waals surface area (Å²) in [5.41, 5.74) is 2.02. The lowest BCUT2D eigenvalue weighted by Crippen LogP contribution is -2.09. The molecule has 0 amide bonds. The Hall–Kier alpha value is -2.40. The molecule has 1 aromatic heterocycles. The van der Waals surface area contributed by atoms with Crippen molar-refractivity contribution < 1.29 is 18.3 Å². The average Bonchev–Trinajstić information content (AvgIpc) is 2.91. The highest BCUT2D eigenvalue weighted by Gasteiger charge is 2.19. The molecule has 1 aromatic rings. The van der Waals surface area contributed by atoms with E-state index in [0.29, 0.717) is 28.3 Å². The number of fused-ring (bicyclic) bond motifs is 1. The number of Topliss-reactive ketones (excluding diaryl/α,β-unsaturated/α-hetero) is 1. The molecule has 138 valence electrons. The number of aromatic amines is 1. The molecule has 0 aromatic carbocycles. The third-order valence-electron chi connectivity index (χ3n) is 3.47. The summed E-state index contributed by atoms with van der Waals surface area (Å²) in [7, 11) is 3.54.